The molecule has 0 unspecified atom stereocenters. The first-order chi connectivity index (χ1) is 7.85. The molecule has 1 aromatic rings. The van der Waals surface area contributed by atoms with Crippen molar-refractivity contribution in [3.8, 4) is 0 Å². The number of rotatable bonds is 1. The minimum absolute atomic E-state index is 0.0157. The second kappa shape index (κ2) is 3.65. The maximum atomic E-state index is 11.9. The molecule has 6 nitrogen and oxygen atoms in total. The Labute approximate surface area is 101 Å². The number of hydrogen-bond acceptors (Lipinski definition) is 4. The van der Waals surface area contributed by atoms with Crippen LogP contribution < -0.4 is 16.0 Å². The fourth-order valence-electron chi connectivity index (χ4n) is 2.25. The molecule has 1 saturated heterocycles. The van der Waals surface area contributed by atoms with Crippen LogP contribution in [0.1, 0.15) is 19.5 Å². The molecule has 1 aromatic heterocycles. The van der Waals surface area contributed by atoms with Gasteiger partial charge in [-0.3, -0.25) is 9.48 Å². The van der Waals surface area contributed by atoms with Crippen molar-refractivity contribution < 1.29 is 4.79 Å². The topological polar surface area (TPSA) is 76.2 Å². The van der Waals surface area contributed by atoms with E-state index in [9.17, 15) is 4.79 Å². The third kappa shape index (κ3) is 1.64. The Morgan fingerprint density at radius 3 is 2.65 bits per heavy atom. The Hall–Kier alpha value is -1.72. The predicted octanol–water partition coefficient (Wildman–Crippen LogP) is 0.0255. The van der Waals surface area contributed by atoms with E-state index in [2.05, 4.69) is 10.4 Å². The van der Waals surface area contributed by atoms with Gasteiger partial charge in [0, 0.05) is 20.1 Å². The van der Waals surface area contributed by atoms with Gasteiger partial charge in [0.25, 0.3) is 0 Å². The molecule has 0 saturated carbocycles. The van der Waals surface area contributed by atoms with Crippen LogP contribution in [-0.2, 0) is 11.8 Å². The van der Waals surface area contributed by atoms with Crippen LogP contribution in [0.25, 0.3) is 0 Å². The molecule has 0 aliphatic carbocycles. The lowest BCUT2D eigenvalue weighted by atomic mass is 9.99. The lowest BCUT2D eigenvalue weighted by molar-refractivity contribution is -0.126. The van der Waals surface area contributed by atoms with Gasteiger partial charge < -0.3 is 16.0 Å². The van der Waals surface area contributed by atoms with Crippen LogP contribution in [0.3, 0.4) is 0 Å². The minimum Gasteiger partial charge on any atom is -0.394 e. The van der Waals surface area contributed by atoms with Gasteiger partial charge in [-0.05, 0) is 20.8 Å². The molecule has 2 rings (SSSR count). The molecule has 0 bridgehead atoms. The number of nitrogen functional groups attached to an aromatic ring is 1. The van der Waals surface area contributed by atoms with Crippen molar-refractivity contribution in [2.45, 2.75) is 26.3 Å². The standard InChI is InChI=1S/C11H19N5O/c1-7-8(12)9(15(4)14-7)16-6-5-13-10(17)11(16,2)3/h5-6,12H2,1-4H3,(H,13,17). The first-order valence-electron chi connectivity index (χ1n) is 5.70. The number of piperazine rings is 1. The number of nitrogens with one attached hydrogen (secondary N) is 1. The average molecular weight is 237 g/mol. The fourth-order valence-corrected chi connectivity index (χ4v) is 2.25. The first-order valence-corrected chi connectivity index (χ1v) is 5.70. The van der Waals surface area contributed by atoms with Crippen LogP contribution in [0.2, 0.25) is 0 Å². The number of aryl methyl sites for hydroxylation is 2. The quantitative estimate of drug-likeness (QED) is 0.722. The van der Waals surface area contributed by atoms with Crippen molar-refractivity contribution in [1.29, 1.82) is 0 Å². The van der Waals surface area contributed by atoms with Crippen LogP contribution in [0, 0.1) is 6.92 Å². The zero-order chi connectivity index (χ0) is 12.8. The number of anilines is 2. The molecule has 94 valence electrons. The lowest BCUT2D eigenvalue weighted by Gasteiger charge is -2.42. The molecule has 1 aliphatic rings. The number of carbonyl (C=O) groups is 1. The van der Waals surface area contributed by atoms with Crippen LogP contribution in [-0.4, -0.2) is 34.3 Å². The van der Waals surface area contributed by atoms with E-state index in [0.717, 1.165) is 18.1 Å². The van der Waals surface area contributed by atoms with Crippen LogP contribution >= 0.6 is 0 Å². The highest BCUT2D eigenvalue weighted by Gasteiger charge is 2.40. The van der Waals surface area contributed by atoms with Gasteiger partial charge in [-0.25, -0.2) is 0 Å². The molecule has 3 N–H and O–H groups in total. The second-order valence-electron chi connectivity index (χ2n) is 4.91. The summed E-state index contributed by atoms with van der Waals surface area (Å²) in [5.74, 6) is 0.837. The van der Waals surface area contributed by atoms with E-state index in [1.807, 2.05) is 32.7 Å². The number of hydrogen-bond donors (Lipinski definition) is 2. The minimum atomic E-state index is -0.605. The third-order valence-electron chi connectivity index (χ3n) is 3.34. The fraction of sp³-hybridized carbons (Fsp3) is 0.636. The van der Waals surface area contributed by atoms with Crippen molar-refractivity contribution in [2.24, 2.45) is 7.05 Å². The van der Waals surface area contributed by atoms with E-state index >= 15 is 0 Å². The van der Waals surface area contributed by atoms with Gasteiger partial charge in [-0.2, -0.15) is 5.10 Å². The molecule has 0 spiro atoms. The Morgan fingerprint density at radius 1 is 1.47 bits per heavy atom. The third-order valence-corrected chi connectivity index (χ3v) is 3.34. The summed E-state index contributed by atoms with van der Waals surface area (Å²) in [6, 6.07) is 0. The van der Waals surface area contributed by atoms with Crippen molar-refractivity contribution >= 4 is 17.4 Å². The van der Waals surface area contributed by atoms with Crippen molar-refractivity contribution in [1.82, 2.24) is 15.1 Å². The van der Waals surface area contributed by atoms with E-state index in [-0.39, 0.29) is 5.91 Å². The zero-order valence-corrected chi connectivity index (χ0v) is 10.7. The Bertz CT molecular complexity index is 463. The summed E-state index contributed by atoms with van der Waals surface area (Å²) in [6.07, 6.45) is 0. The molecule has 1 aliphatic heterocycles. The number of aromatic nitrogens is 2. The molecule has 17 heavy (non-hydrogen) atoms. The maximum Gasteiger partial charge on any atom is 0.245 e. The SMILES string of the molecule is Cc1nn(C)c(N2CCNC(=O)C2(C)C)c1N. The van der Waals surface area contributed by atoms with Crippen molar-refractivity contribution in [2.75, 3.05) is 23.7 Å². The van der Waals surface area contributed by atoms with Gasteiger partial charge in [-0.15, -0.1) is 0 Å². The molecule has 6 heteroatoms. The predicted molar refractivity (Wildman–Crippen MR) is 66.8 cm³/mol. The number of carbonyl (C=O) groups excluding carboxylic acids is 1. The summed E-state index contributed by atoms with van der Waals surface area (Å²) in [5, 5.41) is 7.16. The smallest absolute Gasteiger partial charge is 0.245 e. The Balaban J connectivity index is 2.48. The van der Waals surface area contributed by atoms with E-state index in [1.54, 1.807) is 4.68 Å². The molecule has 0 radical (unpaired) electrons. The molecular formula is C11H19N5O. The van der Waals surface area contributed by atoms with Crippen molar-refractivity contribution in [3.05, 3.63) is 5.69 Å². The maximum absolute atomic E-state index is 11.9. The van der Waals surface area contributed by atoms with Crippen LogP contribution in [0.15, 0.2) is 0 Å². The van der Waals surface area contributed by atoms with Gasteiger partial charge >= 0.3 is 0 Å². The van der Waals surface area contributed by atoms with Gasteiger partial charge in [0.2, 0.25) is 5.91 Å². The highest BCUT2D eigenvalue weighted by molar-refractivity contribution is 5.91. The highest BCUT2D eigenvalue weighted by Crippen LogP contribution is 2.32. The van der Waals surface area contributed by atoms with Crippen LogP contribution in [0.5, 0.6) is 0 Å². The van der Waals surface area contributed by atoms with Gasteiger partial charge in [0.1, 0.15) is 5.54 Å². The molecular weight excluding hydrogens is 218 g/mol. The monoisotopic (exact) mass is 237 g/mol. The van der Waals surface area contributed by atoms with Gasteiger partial charge in [-0.1, -0.05) is 0 Å². The first kappa shape index (κ1) is 11.8. The number of nitrogens with zero attached hydrogens (tertiary/aromatic N) is 3. The summed E-state index contributed by atoms with van der Waals surface area (Å²) < 4.78 is 1.74. The summed E-state index contributed by atoms with van der Waals surface area (Å²) in [7, 11) is 1.85. The van der Waals surface area contributed by atoms with Crippen LogP contribution in [0.4, 0.5) is 11.5 Å². The van der Waals surface area contributed by atoms with E-state index in [1.165, 1.54) is 0 Å². The van der Waals surface area contributed by atoms with E-state index < -0.39 is 5.54 Å². The summed E-state index contributed by atoms with van der Waals surface area (Å²) in [6.45, 7) is 7.02. The highest BCUT2D eigenvalue weighted by atomic mass is 16.2. The molecule has 0 atom stereocenters. The second-order valence-corrected chi connectivity index (χ2v) is 4.91. The largest absolute Gasteiger partial charge is 0.394 e. The number of nitrogens with two attached hydrogens (primary N) is 1. The molecule has 1 amide bonds. The zero-order valence-electron chi connectivity index (χ0n) is 10.7. The summed E-state index contributed by atoms with van der Waals surface area (Å²) >= 11 is 0. The van der Waals surface area contributed by atoms with E-state index in [0.29, 0.717) is 12.2 Å². The Kier molecular flexibility index (Phi) is 2.52. The normalized spacial score (nSPS) is 19.3. The van der Waals surface area contributed by atoms with E-state index in [4.69, 9.17) is 5.73 Å². The average Bonchev–Trinajstić information content (AvgIpc) is 2.47. The lowest BCUT2D eigenvalue weighted by Crippen LogP contribution is -2.62. The summed E-state index contributed by atoms with van der Waals surface area (Å²) in [5.41, 5.74) is 6.88. The number of amides is 1. The van der Waals surface area contributed by atoms with Gasteiger partial charge in [0.15, 0.2) is 5.82 Å². The molecule has 2 heterocycles. The van der Waals surface area contributed by atoms with Gasteiger partial charge in [0.05, 0.1) is 11.4 Å². The Morgan fingerprint density at radius 2 is 2.12 bits per heavy atom. The molecule has 0 aromatic carbocycles. The van der Waals surface area contributed by atoms with Crippen molar-refractivity contribution in [3.63, 3.8) is 0 Å². The summed E-state index contributed by atoms with van der Waals surface area (Å²) in [4.78, 5) is 13.9. The molecule has 1 fully saturated rings.